The second-order valence-electron chi connectivity index (χ2n) is 6.25. The van der Waals surface area contributed by atoms with Crippen molar-refractivity contribution >= 4 is 45.3 Å². The summed E-state index contributed by atoms with van der Waals surface area (Å²) in [6, 6.07) is 9.62. The molecule has 3 rings (SSSR count). The van der Waals surface area contributed by atoms with Gasteiger partial charge < -0.3 is 15.0 Å². The first-order valence-electron chi connectivity index (χ1n) is 9.15. The SMILES string of the molecule is CCSC(=O)N1CCc2c(sc(NC(=O)/C=C/c3ccccc3OC)c2C#N)C1. The molecule has 1 aromatic heterocycles. The fraction of sp³-hybridized carbons (Fsp3) is 0.286. The van der Waals surface area contributed by atoms with Crippen LogP contribution in [0.4, 0.5) is 9.80 Å². The Labute approximate surface area is 178 Å². The first-order chi connectivity index (χ1) is 14.1. The molecule has 0 bridgehead atoms. The zero-order valence-corrected chi connectivity index (χ0v) is 17.9. The number of anilines is 1. The number of hydrogen-bond acceptors (Lipinski definition) is 6. The predicted octanol–water partition coefficient (Wildman–Crippen LogP) is 4.51. The monoisotopic (exact) mass is 427 g/mol. The zero-order chi connectivity index (χ0) is 20.8. The van der Waals surface area contributed by atoms with Crippen LogP contribution >= 0.6 is 23.1 Å². The van der Waals surface area contributed by atoms with E-state index < -0.39 is 0 Å². The number of amides is 2. The van der Waals surface area contributed by atoms with Crippen LogP contribution in [-0.4, -0.2) is 35.5 Å². The Balaban J connectivity index is 1.75. The van der Waals surface area contributed by atoms with E-state index in [1.165, 1.54) is 29.2 Å². The van der Waals surface area contributed by atoms with Crippen LogP contribution in [0.2, 0.25) is 0 Å². The number of nitriles is 1. The summed E-state index contributed by atoms with van der Waals surface area (Å²) in [5.74, 6) is 1.09. The van der Waals surface area contributed by atoms with Gasteiger partial charge in [-0.3, -0.25) is 9.59 Å². The van der Waals surface area contributed by atoms with E-state index in [0.717, 1.165) is 21.8 Å². The van der Waals surface area contributed by atoms with Gasteiger partial charge in [0.05, 0.1) is 19.2 Å². The molecule has 0 fully saturated rings. The van der Waals surface area contributed by atoms with E-state index in [9.17, 15) is 14.9 Å². The van der Waals surface area contributed by atoms with Crippen molar-refractivity contribution in [1.82, 2.24) is 4.90 Å². The third-order valence-corrected chi connectivity index (χ3v) is 6.41. The largest absolute Gasteiger partial charge is 0.496 e. The van der Waals surface area contributed by atoms with Crippen molar-refractivity contribution in [1.29, 1.82) is 5.26 Å². The summed E-state index contributed by atoms with van der Waals surface area (Å²) in [5.41, 5.74) is 2.23. The molecule has 1 aliphatic heterocycles. The number of methoxy groups -OCH3 is 1. The smallest absolute Gasteiger partial charge is 0.281 e. The van der Waals surface area contributed by atoms with Gasteiger partial charge in [0.2, 0.25) is 5.91 Å². The number of nitrogens with zero attached hydrogens (tertiary/aromatic N) is 2. The summed E-state index contributed by atoms with van der Waals surface area (Å²) in [6.07, 6.45) is 3.72. The number of benzene rings is 1. The van der Waals surface area contributed by atoms with E-state index in [1.807, 2.05) is 31.2 Å². The van der Waals surface area contributed by atoms with Gasteiger partial charge >= 0.3 is 0 Å². The summed E-state index contributed by atoms with van der Waals surface area (Å²) >= 11 is 2.65. The predicted molar refractivity (Wildman–Crippen MR) is 117 cm³/mol. The van der Waals surface area contributed by atoms with Gasteiger partial charge in [-0.25, -0.2) is 0 Å². The number of thioether (sulfide) groups is 1. The average Bonchev–Trinajstić information content (AvgIpc) is 3.08. The molecule has 1 aliphatic rings. The molecule has 150 valence electrons. The van der Waals surface area contributed by atoms with E-state index in [2.05, 4.69) is 11.4 Å². The highest BCUT2D eigenvalue weighted by Crippen LogP contribution is 2.37. The molecule has 0 unspecified atom stereocenters. The van der Waals surface area contributed by atoms with Crippen molar-refractivity contribution in [3.8, 4) is 11.8 Å². The van der Waals surface area contributed by atoms with Gasteiger partial charge in [0.25, 0.3) is 5.24 Å². The maximum Gasteiger partial charge on any atom is 0.281 e. The Morgan fingerprint density at radius 2 is 2.21 bits per heavy atom. The zero-order valence-electron chi connectivity index (χ0n) is 16.2. The molecule has 2 aromatic rings. The molecule has 2 heterocycles. The quantitative estimate of drug-likeness (QED) is 0.710. The Bertz CT molecular complexity index is 992. The van der Waals surface area contributed by atoms with Crippen molar-refractivity contribution in [2.45, 2.75) is 19.9 Å². The van der Waals surface area contributed by atoms with Crippen LogP contribution in [-0.2, 0) is 17.8 Å². The summed E-state index contributed by atoms with van der Waals surface area (Å²) in [6.45, 7) is 3.02. The highest BCUT2D eigenvalue weighted by Gasteiger charge is 2.27. The van der Waals surface area contributed by atoms with Crippen LogP contribution in [0.3, 0.4) is 0 Å². The normalized spacial score (nSPS) is 13.1. The van der Waals surface area contributed by atoms with E-state index in [4.69, 9.17) is 4.74 Å². The molecule has 0 atom stereocenters. The number of nitrogens with one attached hydrogen (secondary N) is 1. The Morgan fingerprint density at radius 3 is 2.93 bits per heavy atom. The van der Waals surface area contributed by atoms with Crippen molar-refractivity contribution in [3.05, 3.63) is 51.9 Å². The summed E-state index contributed by atoms with van der Waals surface area (Å²) in [7, 11) is 1.58. The van der Waals surface area contributed by atoms with Crippen molar-refractivity contribution in [2.24, 2.45) is 0 Å². The van der Waals surface area contributed by atoms with Crippen molar-refractivity contribution < 1.29 is 14.3 Å². The molecule has 0 saturated heterocycles. The van der Waals surface area contributed by atoms with Crippen LogP contribution in [0, 0.1) is 11.3 Å². The first kappa shape index (κ1) is 21.0. The third kappa shape index (κ3) is 4.81. The van der Waals surface area contributed by atoms with Crippen molar-refractivity contribution in [3.63, 3.8) is 0 Å². The maximum atomic E-state index is 12.4. The lowest BCUT2D eigenvalue weighted by atomic mass is 10.0. The van der Waals surface area contributed by atoms with Crippen LogP contribution in [0.5, 0.6) is 5.75 Å². The standard InChI is InChI=1S/C21H21N3O3S2/c1-3-28-21(26)24-11-10-15-16(12-22)20(29-18(15)13-24)23-19(25)9-8-14-6-4-5-7-17(14)27-2/h4-9H,3,10-11,13H2,1-2H3,(H,23,25)/b9-8+. The Morgan fingerprint density at radius 1 is 1.41 bits per heavy atom. The molecule has 29 heavy (non-hydrogen) atoms. The molecular formula is C21H21N3O3S2. The number of rotatable bonds is 5. The Kier molecular flexibility index (Phi) is 6.96. The lowest BCUT2D eigenvalue weighted by Crippen LogP contribution is -2.32. The van der Waals surface area contributed by atoms with Gasteiger partial charge in [-0.15, -0.1) is 11.3 Å². The maximum absolute atomic E-state index is 12.4. The molecule has 0 radical (unpaired) electrons. The highest BCUT2D eigenvalue weighted by molar-refractivity contribution is 8.13. The minimum absolute atomic E-state index is 0.0513. The lowest BCUT2D eigenvalue weighted by molar-refractivity contribution is -0.111. The number of para-hydroxylation sites is 1. The highest BCUT2D eigenvalue weighted by atomic mass is 32.2. The number of thiophene rings is 1. The molecule has 1 N–H and O–H groups in total. The second-order valence-corrected chi connectivity index (χ2v) is 8.58. The fourth-order valence-corrected chi connectivity index (χ4v) is 4.91. The van der Waals surface area contributed by atoms with Crippen LogP contribution < -0.4 is 10.1 Å². The summed E-state index contributed by atoms with van der Waals surface area (Å²) < 4.78 is 5.28. The average molecular weight is 428 g/mol. The minimum atomic E-state index is -0.319. The van der Waals surface area contributed by atoms with E-state index in [-0.39, 0.29) is 11.1 Å². The number of fused-ring (bicyclic) bond motifs is 1. The fourth-order valence-electron chi connectivity index (χ4n) is 3.10. The van der Waals surface area contributed by atoms with Crippen LogP contribution in [0.15, 0.2) is 30.3 Å². The molecule has 2 amide bonds. The number of carbonyl (C=O) groups is 2. The number of hydrogen-bond donors (Lipinski definition) is 1. The van der Waals surface area contributed by atoms with E-state index in [1.54, 1.807) is 18.1 Å². The topological polar surface area (TPSA) is 82.4 Å². The molecule has 6 nitrogen and oxygen atoms in total. The van der Waals surface area contributed by atoms with Gasteiger partial charge in [-0.1, -0.05) is 36.9 Å². The van der Waals surface area contributed by atoms with Crippen LogP contribution in [0.25, 0.3) is 6.08 Å². The minimum Gasteiger partial charge on any atom is -0.496 e. The van der Waals surface area contributed by atoms with E-state index in [0.29, 0.717) is 35.8 Å². The first-order valence-corrected chi connectivity index (χ1v) is 11.0. The Hall–Kier alpha value is -2.76. The number of ether oxygens (including phenoxy) is 1. The van der Waals surface area contributed by atoms with E-state index >= 15 is 0 Å². The molecule has 0 aliphatic carbocycles. The number of carbonyl (C=O) groups excluding carboxylic acids is 2. The molecule has 1 aromatic carbocycles. The molecule has 0 spiro atoms. The molecule has 0 saturated carbocycles. The van der Waals surface area contributed by atoms with Gasteiger partial charge in [-0.05, 0) is 29.9 Å². The second kappa shape index (κ2) is 9.63. The van der Waals surface area contributed by atoms with Gasteiger partial charge in [0.15, 0.2) is 0 Å². The van der Waals surface area contributed by atoms with Gasteiger partial charge in [0.1, 0.15) is 16.8 Å². The van der Waals surface area contributed by atoms with Crippen LogP contribution in [0.1, 0.15) is 28.5 Å². The summed E-state index contributed by atoms with van der Waals surface area (Å²) in [4.78, 5) is 27.3. The van der Waals surface area contributed by atoms with Gasteiger partial charge in [-0.2, -0.15) is 5.26 Å². The lowest BCUT2D eigenvalue weighted by Gasteiger charge is -2.26. The molecule has 8 heteroatoms. The third-order valence-electron chi connectivity index (χ3n) is 4.48. The molecular weight excluding hydrogens is 406 g/mol. The summed E-state index contributed by atoms with van der Waals surface area (Å²) in [5, 5.41) is 13.0. The van der Waals surface area contributed by atoms with Crippen molar-refractivity contribution in [2.75, 3.05) is 24.7 Å². The van der Waals surface area contributed by atoms with Gasteiger partial charge in [0, 0.05) is 23.1 Å².